The van der Waals surface area contributed by atoms with Crippen LogP contribution in [-0.2, 0) is 0 Å². The van der Waals surface area contributed by atoms with Crippen molar-refractivity contribution in [2.24, 2.45) is 0 Å². The summed E-state index contributed by atoms with van der Waals surface area (Å²) in [6.07, 6.45) is 0. The molecule has 0 aliphatic rings. The monoisotopic (exact) mass is 242 g/mol. The lowest BCUT2D eigenvalue weighted by Gasteiger charge is -2.10. The van der Waals surface area contributed by atoms with Crippen molar-refractivity contribution < 1.29 is 14.1 Å². The molecule has 0 aliphatic heterocycles. The van der Waals surface area contributed by atoms with E-state index < -0.39 is 10.7 Å². The van der Waals surface area contributed by atoms with E-state index in [0.717, 1.165) is 6.07 Å². The Labute approximate surface area is 98.7 Å². The van der Waals surface area contributed by atoms with Crippen LogP contribution in [0.2, 0.25) is 0 Å². The standard InChI is InChI=1S/C11H15FN2O3/c1-8(2)13-5-6-17-11-4-3-9(14(15)16)7-10(11)12/h3-4,7-8,13H,5-6H2,1-2H3. The lowest BCUT2D eigenvalue weighted by molar-refractivity contribution is -0.385. The number of rotatable bonds is 6. The Morgan fingerprint density at radius 2 is 2.24 bits per heavy atom. The Morgan fingerprint density at radius 1 is 1.53 bits per heavy atom. The molecule has 0 saturated heterocycles. The Balaban J connectivity index is 2.52. The molecule has 0 aliphatic carbocycles. The van der Waals surface area contributed by atoms with Gasteiger partial charge in [-0.1, -0.05) is 13.8 Å². The number of hydrogen-bond donors (Lipinski definition) is 1. The number of nitro groups is 1. The van der Waals surface area contributed by atoms with Gasteiger partial charge in [0.25, 0.3) is 5.69 Å². The van der Waals surface area contributed by atoms with Crippen LogP contribution in [-0.4, -0.2) is 24.1 Å². The van der Waals surface area contributed by atoms with Crippen molar-refractivity contribution in [3.8, 4) is 5.75 Å². The molecule has 0 saturated carbocycles. The summed E-state index contributed by atoms with van der Waals surface area (Å²) >= 11 is 0. The number of benzene rings is 1. The first-order valence-corrected chi connectivity index (χ1v) is 5.31. The van der Waals surface area contributed by atoms with Crippen LogP contribution < -0.4 is 10.1 Å². The highest BCUT2D eigenvalue weighted by atomic mass is 19.1. The van der Waals surface area contributed by atoms with Gasteiger partial charge in [0, 0.05) is 18.7 Å². The summed E-state index contributed by atoms with van der Waals surface area (Å²) in [5.74, 6) is -0.690. The van der Waals surface area contributed by atoms with Crippen molar-refractivity contribution in [2.75, 3.05) is 13.2 Å². The highest BCUT2D eigenvalue weighted by Crippen LogP contribution is 2.22. The van der Waals surface area contributed by atoms with E-state index in [1.807, 2.05) is 13.8 Å². The van der Waals surface area contributed by atoms with Gasteiger partial charge in [-0.2, -0.15) is 0 Å². The molecule has 0 radical (unpaired) electrons. The summed E-state index contributed by atoms with van der Waals surface area (Å²) in [6.45, 7) is 4.89. The second kappa shape index (κ2) is 6.15. The predicted octanol–water partition coefficient (Wildman–Crippen LogP) is 2.11. The molecule has 6 heteroatoms. The summed E-state index contributed by atoms with van der Waals surface area (Å²) in [4.78, 5) is 9.74. The molecule has 94 valence electrons. The zero-order valence-corrected chi connectivity index (χ0v) is 9.77. The maximum absolute atomic E-state index is 13.3. The van der Waals surface area contributed by atoms with Gasteiger partial charge in [0.2, 0.25) is 0 Å². The van der Waals surface area contributed by atoms with E-state index in [4.69, 9.17) is 4.74 Å². The van der Waals surface area contributed by atoms with Crippen molar-refractivity contribution in [1.82, 2.24) is 5.32 Å². The minimum atomic E-state index is -0.719. The third-order valence-corrected chi connectivity index (χ3v) is 2.04. The normalized spacial score (nSPS) is 10.6. The number of nitrogens with one attached hydrogen (secondary N) is 1. The topological polar surface area (TPSA) is 64.4 Å². The van der Waals surface area contributed by atoms with Crippen LogP contribution >= 0.6 is 0 Å². The van der Waals surface area contributed by atoms with Gasteiger partial charge in [-0.15, -0.1) is 0 Å². The van der Waals surface area contributed by atoms with Gasteiger partial charge in [-0.3, -0.25) is 10.1 Å². The Bertz CT molecular complexity index is 396. The molecule has 1 rings (SSSR count). The number of nitro benzene ring substituents is 1. The van der Waals surface area contributed by atoms with Gasteiger partial charge in [-0.05, 0) is 6.07 Å². The van der Waals surface area contributed by atoms with Gasteiger partial charge in [-0.25, -0.2) is 4.39 Å². The quantitative estimate of drug-likeness (QED) is 0.471. The Hall–Kier alpha value is -1.69. The predicted molar refractivity (Wildman–Crippen MR) is 61.7 cm³/mol. The molecular weight excluding hydrogens is 227 g/mol. The molecule has 1 N–H and O–H groups in total. The summed E-state index contributed by atoms with van der Waals surface area (Å²) in [5, 5.41) is 13.5. The van der Waals surface area contributed by atoms with Crippen LogP contribution in [0.25, 0.3) is 0 Å². The summed E-state index contributed by atoms with van der Waals surface area (Å²) in [7, 11) is 0. The minimum Gasteiger partial charge on any atom is -0.489 e. The molecule has 0 fully saturated rings. The maximum atomic E-state index is 13.3. The van der Waals surface area contributed by atoms with Crippen LogP contribution in [0, 0.1) is 15.9 Å². The van der Waals surface area contributed by atoms with Crippen molar-refractivity contribution in [1.29, 1.82) is 0 Å². The molecule has 0 aromatic heterocycles. The molecule has 0 spiro atoms. The largest absolute Gasteiger partial charge is 0.489 e. The van der Waals surface area contributed by atoms with Crippen molar-refractivity contribution in [3.05, 3.63) is 34.1 Å². The van der Waals surface area contributed by atoms with E-state index in [1.54, 1.807) is 0 Å². The second-order valence-electron chi connectivity index (χ2n) is 3.83. The Morgan fingerprint density at radius 3 is 2.76 bits per heavy atom. The average molecular weight is 242 g/mol. The fraction of sp³-hybridized carbons (Fsp3) is 0.455. The van der Waals surface area contributed by atoms with Crippen LogP contribution in [0.3, 0.4) is 0 Å². The molecule has 0 unspecified atom stereocenters. The second-order valence-corrected chi connectivity index (χ2v) is 3.83. The Kier molecular flexibility index (Phi) is 4.84. The molecule has 0 bridgehead atoms. The van der Waals surface area contributed by atoms with E-state index >= 15 is 0 Å². The number of halogens is 1. The molecule has 1 aromatic carbocycles. The fourth-order valence-corrected chi connectivity index (χ4v) is 1.23. The van der Waals surface area contributed by atoms with Crippen molar-refractivity contribution in [3.63, 3.8) is 0 Å². The van der Waals surface area contributed by atoms with Crippen LogP contribution in [0.4, 0.5) is 10.1 Å². The third-order valence-electron chi connectivity index (χ3n) is 2.04. The van der Waals surface area contributed by atoms with E-state index in [2.05, 4.69) is 5.32 Å². The summed E-state index contributed by atoms with van der Waals surface area (Å²) in [6, 6.07) is 3.67. The van der Waals surface area contributed by atoms with E-state index in [1.165, 1.54) is 12.1 Å². The molecule has 5 nitrogen and oxygen atoms in total. The number of nitrogens with zero attached hydrogens (tertiary/aromatic N) is 1. The molecule has 0 amide bonds. The maximum Gasteiger partial charge on any atom is 0.272 e. The summed E-state index contributed by atoms with van der Waals surface area (Å²) in [5.41, 5.74) is -0.282. The van der Waals surface area contributed by atoms with Gasteiger partial charge < -0.3 is 10.1 Å². The fourth-order valence-electron chi connectivity index (χ4n) is 1.23. The summed E-state index contributed by atoms with van der Waals surface area (Å²) < 4.78 is 18.5. The van der Waals surface area contributed by atoms with E-state index in [9.17, 15) is 14.5 Å². The first-order valence-electron chi connectivity index (χ1n) is 5.31. The number of ether oxygens (including phenoxy) is 1. The van der Waals surface area contributed by atoms with Crippen LogP contribution in [0.5, 0.6) is 5.75 Å². The third kappa shape index (κ3) is 4.36. The van der Waals surface area contributed by atoms with Gasteiger partial charge in [0.1, 0.15) is 6.61 Å². The molecule has 17 heavy (non-hydrogen) atoms. The molecule has 1 aromatic rings. The average Bonchev–Trinajstić information content (AvgIpc) is 2.25. The minimum absolute atomic E-state index is 0.0288. The molecule has 0 atom stereocenters. The first-order chi connectivity index (χ1) is 8.00. The smallest absolute Gasteiger partial charge is 0.272 e. The number of hydrogen-bond acceptors (Lipinski definition) is 4. The zero-order valence-electron chi connectivity index (χ0n) is 9.77. The molecule has 0 heterocycles. The van der Waals surface area contributed by atoms with Crippen LogP contribution in [0.15, 0.2) is 18.2 Å². The van der Waals surface area contributed by atoms with Crippen molar-refractivity contribution >= 4 is 5.69 Å². The first kappa shape index (κ1) is 13.4. The lowest BCUT2D eigenvalue weighted by Crippen LogP contribution is -2.27. The lowest BCUT2D eigenvalue weighted by atomic mass is 10.3. The highest BCUT2D eigenvalue weighted by molar-refractivity contribution is 5.37. The highest BCUT2D eigenvalue weighted by Gasteiger charge is 2.11. The van der Waals surface area contributed by atoms with Crippen LogP contribution in [0.1, 0.15) is 13.8 Å². The SMILES string of the molecule is CC(C)NCCOc1ccc([N+](=O)[O-])cc1F. The zero-order chi connectivity index (χ0) is 12.8. The van der Waals surface area contributed by atoms with Gasteiger partial charge in [0.15, 0.2) is 11.6 Å². The van der Waals surface area contributed by atoms with E-state index in [-0.39, 0.29) is 11.4 Å². The van der Waals surface area contributed by atoms with E-state index in [0.29, 0.717) is 19.2 Å². The van der Waals surface area contributed by atoms with Gasteiger partial charge in [0.05, 0.1) is 11.0 Å². The van der Waals surface area contributed by atoms with Gasteiger partial charge >= 0.3 is 0 Å². The number of non-ortho nitro benzene ring substituents is 1. The molecular formula is C11H15FN2O3. The van der Waals surface area contributed by atoms with Crippen molar-refractivity contribution in [2.45, 2.75) is 19.9 Å².